The lowest BCUT2D eigenvalue weighted by Crippen LogP contribution is -2.32. The van der Waals surface area contributed by atoms with Gasteiger partial charge >= 0.3 is 0 Å². The van der Waals surface area contributed by atoms with E-state index in [0.717, 1.165) is 19.0 Å². The molecule has 4 heteroatoms. The number of hydrogen-bond acceptors (Lipinski definition) is 1. The highest BCUT2D eigenvalue weighted by Crippen LogP contribution is 2.32. The fourth-order valence-electron chi connectivity index (χ4n) is 1.76. The molecule has 1 heterocycles. The second kappa shape index (κ2) is 4.57. The third kappa shape index (κ3) is 3.83. The second-order valence-corrected chi connectivity index (χ2v) is 6.42. The molecular formula is C9H16Cl3N. The summed E-state index contributed by atoms with van der Waals surface area (Å²) in [5.74, 6) is 0.773. The number of halogens is 3. The van der Waals surface area contributed by atoms with Gasteiger partial charge in [0.05, 0.1) is 0 Å². The van der Waals surface area contributed by atoms with Crippen LogP contribution in [0.1, 0.15) is 26.7 Å². The quantitative estimate of drug-likeness (QED) is 0.672. The van der Waals surface area contributed by atoms with Crippen LogP contribution >= 0.6 is 34.8 Å². The number of hydrogen-bond donors (Lipinski definition) is 0. The van der Waals surface area contributed by atoms with E-state index < -0.39 is 3.79 Å². The van der Waals surface area contributed by atoms with E-state index in [1.165, 1.54) is 6.42 Å². The predicted octanol–water partition coefficient (Wildman–Crippen LogP) is 3.48. The van der Waals surface area contributed by atoms with E-state index in [-0.39, 0.29) is 0 Å². The average Bonchev–Trinajstić information content (AvgIpc) is 2.29. The molecular weight excluding hydrogens is 228 g/mol. The first kappa shape index (κ1) is 11.9. The van der Waals surface area contributed by atoms with Gasteiger partial charge in [-0.1, -0.05) is 41.7 Å². The molecule has 0 N–H and O–H groups in total. The topological polar surface area (TPSA) is 3.24 Å². The zero-order valence-electron chi connectivity index (χ0n) is 8.06. The molecule has 13 heavy (non-hydrogen) atoms. The van der Waals surface area contributed by atoms with Crippen LogP contribution < -0.4 is 0 Å². The van der Waals surface area contributed by atoms with Gasteiger partial charge in [-0.15, -0.1) is 0 Å². The number of likely N-dealkylation sites (tertiary alicyclic amines) is 1. The Morgan fingerprint density at radius 3 is 2.31 bits per heavy atom. The zero-order chi connectivity index (χ0) is 10.1. The Balaban J connectivity index is 2.30. The van der Waals surface area contributed by atoms with Crippen LogP contribution in [0.5, 0.6) is 0 Å². The first-order chi connectivity index (χ1) is 5.90. The van der Waals surface area contributed by atoms with Crippen molar-refractivity contribution >= 4 is 34.8 Å². The second-order valence-electron chi connectivity index (χ2n) is 3.91. The molecule has 1 saturated heterocycles. The molecule has 0 aromatic rings. The smallest absolute Gasteiger partial charge is 0.191 e. The molecule has 0 radical (unpaired) electrons. The van der Waals surface area contributed by atoms with Crippen molar-refractivity contribution in [2.75, 3.05) is 13.1 Å². The van der Waals surface area contributed by atoms with E-state index in [2.05, 4.69) is 18.7 Å². The average molecular weight is 245 g/mol. The highest BCUT2D eigenvalue weighted by atomic mass is 35.6. The maximum atomic E-state index is 5.70. The number of nitrogens with zero attached hydrogens (tertiary/aromatic N) is 1. The Labute approximate surface area is 95.3 Å². The monoisotopic (exact) mass is 243 g/mol. The van der Waals surface area contributed by atoms with Crippen molar-refractivity contribution < 1.29 is 0 Å². The van der Waals surface area contributed by atoms with Gasteiger partial charge in [0, 0.05) is 19.0 Å². The van der Waals surface area contributed by atoms with Gasteiger partial charge in [-0.2, -0.15) is 0 Å². The summed E-state index contributed by atoms with van der Waals surface area (Å²) in [6.45, 7) is 6.56. The normalized spacial score (nSPS) is 31.2. The molecule has 0 aromatic heterocycles. The summed E-state index contributed by atoms with van der Waals surface area (Å²) < 4.78 is -1.09. The molecule has 0 aromatic carbocycles. The Bertz CT molecular complexity index is 167. The van der Waals surface area contributed by atoms with E-state index in [1.54, 1.807) is 0 Å². The molecule has 1 rings (SSSR count). The molecule has 0 aliphatic carbocycles. The summed E-state index contributed by atoms with van der Waals surface area (Å²) in [5.41, 5.74) is 0. The zero-order valence-corrected chi connectivity index (χ0v) is 10.3. The van der Waals surface area contributed by atoms with E-state index in [0.29, 0.717) is 12.5 Å². The molecule has 2 unspecified atom stereocenters. The van der Waals surface area contributed by atoms with Gasteiger partial charge in [0.25, 0.3) is 0 Å². The summed E-state index contributed by atoms with van der Waals surface area (Å²) in [6, 6.07) is 0.632. The van der Waals surface area contributed by atoms with Crippen molar-refractivity contribution in [1.29, 1.82) is 0 Å². The van der Waals surface area contributed by atoms with Gasteiger partial charge in [0.2, 0.25) is 0 Å². The minimum absolute atomic E-state index is 0.620. The van der Waals surface area contributed by atoms with Gasteiger partial charge in [-0.3, -0.25) is 0 Å². The minimum Gasteiger partial charge on any atom is -0.300 e. The molecule has 2 atom stereocenters. The van der Waals surface area contributed by atoms with Crippen LogP contribution in [0, 0.1) is 5.92 Å². The molecule has 1 fully saturated rings. The lowest BCUT2D eigenvalue weighted by molar-refractivity contribution is 0.245. The summed E-state index contributed by atoms with van der Waals surface area (Å²) in [6.07, 6.45) is 1.88. The summed E-state index contributed by atoms with van der Waals surface area (Å²) in [4.78, 5) is 2.40. The van der Waals surface area contributed by atoms with E-state index in [1.807, 2.05) is 0 Å². The maximum absolute atomic E-state index is 5.70. The molecule has 0 bridgehead atoms. The van der Waals surface area contributed by atoms with Gasteiger partial charge < -0.3 is 4.90 Å². The maximum Gasteiger partial charge on any atom is 0.191 e. The fourth-order valence-corrected chi connectivity index (χ4v) is 2.01. The molecule has 0 amide bonds. The summed E-state index contributed by atoms with van der Waals surface area (Å²) >= 11 is 17.1. The van der Waals surface area contributed by atoms with Gasteiger partial charge in [0.1, 0.15) is 0 Å². The van der Waals surface area contributed by atoms with Crippen molar-refractivity contribution in [3.05, 3.63) is 0 Å². The van der Waals surface area contributed by atoms with Crippen LogP contribution in [0.4, 0.5) is 0 Å². The van der Waals surface area contributed by atoms with Crippen molar-refractivity contribution in [2.45, 2.75) is 36.5 Å². The Hall–Kier alpha value is 0.830. The molecule has 0 saturated carbocycles. The van der Waals surface area contributed by atoms with Crippen LogP contribution in [-0.4, -0.2) is 27.8 Å². The highest BCUT2D eigenvalue weighted by molar-refractivity contribution is 6.67. The third-order valence-corrected chi connectivity index (χ3v) is 3.52. The summed E-state index contributed by atoms with van der Waals surface area (Å²) in [5, 5.41) is 0. The van der Waals surface area contributed by atoms with Gasteiger partial charge in [-0.05, 0) is 25.8 Å². The van der Waals surface area contributed by atoms with Gasteiger partial charge in [0.15, 0.2) is 3.79 Å². The van der Waals surface area contributed by atoms with Crippen molar-refractivity contribution in [1.82, 2.24) is 4.90 Å². The van der Waals surface area contributed by atoms with Crippen LogP contribution in [-0.2, 0) is 0 Å². The molecule has 1 aliphatic rings. The van der Waals surface area contributed by atoms with Crippen LogP contribution in [0.25, 0.3) is 0 Å². The predicted molar refractivity (Wildman–Crippen MR) is 59.7 cm³/mol. The molecule has 0 spiro atoms. The SMILES string of the molecule is CC1CCN(CCC(Cl)(Cl)Cl)C1C. The lowest BCUT2D eigenvalue weighted by atomic mass is 10.1. The summed E-state index contributed by atoms with van der Waals surface area (Å²) in [7, 11) is 0. The van der Waals surface area contributed by atoms with E-state index in [9.17, 15) is 0 Å². The largest absolute Gasteiger partial charge is 0.300 e. The molecule has 1 nitrogen and oxygen atoms in total. The Morgan fingerprint density at radius 1 is 1.31 bits per heavy atom. The van der Waals surface area contributed by atoms with Crippen LogP contribution in [0.15, 0.2) is 0 Å². The standard InChI is InChI=1S/C9H16Cl3N/c1-7-3-5-13(8(7)2)6-4-9(10,11)12/h7-8H,3-6H2,1-2H3. The van der Waals surface area contributed by atoms with Crippen LogP contribution in [0.3, 0.4) is 0 Å². The number of rotatable bonds is 2. The first-order valence-corrected chi connectivity index (χ1v) is 5.84. The van der Waals surface area contributed by atoms with Crippen LogP contribution in [0.2, 0.25) is 0 Å². The van der Waals surface area contributed by atoms with E-state index >= 15 is 0 Å². The van der Waals surface area contributed by atoms with Crippen molar-refractivity contribution in [3.63, 3.8) is 0 Å². The first-order valence-electron chi connectivity index (χ1n) is 4.71. The highest BCUT2D eigenvalue weighted by Gasteiger charge is 2.29. The minimum atomic E-state index is -1.09. The fraction of sp³-hybridized carbons (Fsp3) is 1.00. The van der Waals surface area contributed by atoms with E-state index in [4.69, 9.17) is 34.8 Å². The van der Waals surface area contributed by atoms with Gasteiger partial charge in [-0.25, -0.2) is 0 Å². The third-order valence-electron chi connectivity index (χ3n) is 2.95. The van der Waals surface area contributed by atoms with Crippen molar-refractivity contribution in [3.8, 4) is 0 Å². The lowest BCUT2D eigenvalue weighted by Gasteiger charge is -2.24. The molecule has 78 valence electrons. The Kier molecular flexibility index (Phi) is 4.18. The van der Waals surface area contributed by atoms with Crippen molar-refractivity contribution in [2.24, 2.45) is 5.92 Å². The number of alkyl halides is 3. The Morgan fingerprint density at radius 2 is 1.92 bits per heavy atom. The molecule has 1 aliphatic heterocycles.